The molecule has 0 saturated carbocycles. The monoisotopic (exact) mass is 368 g/mol. The molecule has 1 saturated heterocycles. The molecular weight excluding hydrogens is 348 g/mol. The van der Waals surface area contributed by atoms with Crippen molar-refractivity contribution in [3.05, 3.63) is 28.2 Å². The molecular formula is C16H21BrN2O3. The van der Waals surface area contributed by atoms with Gasteiger partial charge >= 0.3 is 0 Å². The molecule has 22 heavy (non-hydrogen) atoms. The maximum absolute atomic E-state index is 12.5. The predicted octanol–water partition coefficient (Wildman–Crippen LogP) is 2.53. The number of nitrogens with one attached hydrogen (secondary N) is 1. The molecule has 0 radical (unpaired) electrons. The minimum absolute atomic E-state index is 0.0176. The first kappa shape index (κ1) is 16.8. The van der Waals surface area contributed by atoms with Crippen molar-refractivity contribution in [2.75, 3.05) is 19.6 Å². The van der Waals surface area contributed by atoms with E-state index in [1.54, 1.807) is 17.0 Å². The fraction of sp³-hybridized carbons (Fsp3) is 0.500. The van der Waals surface area contributed by atoms with E-state index in [1.165, 1.54) is 6.07 Å². The zero-order valence-corrected chi connectivity index (χ0v) is 14.2. The van der Waals surface area contributed by atoms with Crippen LogP contribution in [0, 0.1) is 5.92 Å². The molecule has 0 bridgehead atoms. The van der Waals surface area contributed by atoms with Gasteiger partial charge in [0.05, 0.1) is 5.56 Å². The Morgan fingerprint density at radius 2 is 2.05 bits per heavy atom. The number of amides is 2. The van der Waals surface area contributed by atoms with Gasteiger partial charge in [0.15, 0.2) is 0 Å². The number of piperidine rings is 1. The lowest BCUT2D eigenvalue weighted by Crippen LogP contribution is -2.43. The zero-order valence-electron chi connectivity index (χ0n) is 12.6. The van der Waals surface area contributed by atoms with Crippen LogP contribution in [-0.4, -0.2) is 41.5 Å². The molecule has 1 aromatic rings. The average Bonchev–Trinajstić information content (AvgIpc) is 2.54. The van der Waals surface area contributed by atoms with Crippen molar-refractivity contribution in [2.24, 2.45) is 5.92 Å². The smallest absolute Gasteiger partial charge is 0.257 e. The van der Waals surface area contributed by atoms with Gasteiger partial charge in [-0.3, -0.25) is 9.59 Å². The molecule has 1 fully saturated rings. The molecule has 0 spiro atoms. The van der Waals surface area contributed by atoms with Gasteiger partial charge in [-0.05, 0) is 37.5 Å². The average molecular weight is 369 g/mol. The number of phenolic OH excluding ortho intramolecular Hbond substituents is 1. The van der Waals surface area contributed by atoms with Crippen LogP contribution in [0.3, 0.4) is 0 Å². The first-order valence-corrected chi connectivity index (χ1v) is 8.37. The minimum Gasteiger partial charge on any atom is -0.507 e. The number of aromatic hydroxyl groups is 1. The van der Waals surface area contributed by atoms with Crippen LogP contribution in [0.1, 0.15) is 36.5 Å². The molecule has 1 heterocycles. The third-order valence-electron chi connectivity index (χ3n) is 3.89. The highest BCUT2D eigenvalue weighted by atomic mass is 79.9. The lowest BCUT2D eigenvalue weighted by atomic mass is 9.95. The van der Waals surface area contributed by atoms with E-state index in [-0.39, 0.29) is 23.5 Å². The summed E-state index contributed by atoms with van der Waals surface area (Å²) in [4.78, 5) is 26.1. The molecule has 6 heteroatoms. The summed E-state index contributed by atoms with van der Waals surface area (Å²) in [5, 5.41) is 12.7. The van der Waals surface area contributed by atoms with E-state index in [0.717, 1.165) is 10.9 Å². The maximum Gasteiger partial charge on any atom is 0.257 e. The second kappa shape index (κ2) is 7.63. The van der Waals surface area contributed by atoms with Crippen LogP contribution in [0.25, 0.3) is 0 Å². The number of hydrogen-bond acceptors (Lipinski definition) is 3. The molecule has 2 N–H and O–H groups in total. The lowest BCUT2D eigenvalue weighted by Gasteiger charge is -2.31. The van der Waals surface area contributed by atoms with Crippen molar-refractivity contribution in [1.29, 1.82) is 0 Å². The fourth-order valence-electron chi connectivity index (χ4n) is 2.59. The molecule has 0 aromatic heterocycles. The van der Waals surface area contributed by atoms with Crippen LogP contribution in [0.15, 0.2) is 22.7 Å². The number of nitrogens with zero attached hydrogens (tertiary/aromatic N) is 1. The Hall–Kier alpha value is -1.56. The standard InChI is InChI=1S/C16H21BrN2O3/c1-2-7-18-15(21)11-5-8-19(9-6-11)16(22)13-10-12(17)3-4-14(13)20/h3-4,10-11,20H,2,5-9H2,1H3,(H,18,21). The van der Waals surface area contributed by atoms with Crippen LogP contribution in [0.5, 0.6) is 5.75 Å². The van der Waals surface area contributed by atoms with Gasteiger partial charge in [-0.1, -0.05) is 22.9 Å². The van der Waals surface area contributed by atoms with Crippen LogP contribution >= 0.6 is 15.9 Å². The molecule has 120 valence electrons. The van der Waals surface area contributed by atoms with Gasteiger partial charge in [0, 0.05) is 30.0 Å². The number of hydrogen-bond donors (Lipinski definition) is 2. The first-order chi connectivity index (χ1) is 10.5. The topological polar surface area (TPSA) is 69.6 Å². The van der Waals surface area contributed by atoms with Gasteiger partial charge in [0.25, 0.3) is 5.91 Å². The van der Waals surface area contributed by atoms with Crippen molar-refractivity contribution >= 4 is 27.7 Å². The summed E-state index contributed by atoms with van der Waals surface area (Å²) in [7, 11) is 0. The Kier molecular flexibility index (Phi) is 5.83. The largest absolute Gasteiger partial charge is 0.507 e. The summed E-state index contributed by atoms with van der Waals surface area (Å²) in [6.07, 6.45) is 2.25. The summed E-state index contributed by atoms with van der Waals surface area (Å²) in [6.45, 7) is 3.79. The highest BCUT2D eigenvalue weighted by Crippen LogP contribution is 2.25. The van der Waals surface area contributed by atoms with Crippen LogP contribution in [-0.2, 0) is 4.79 Å². The molecule has 2 rings (SSSR count). The van der Waals surface area contributed by atoms with Gasteiger partial charge in [0.2, 0.25) is 5.91 Å². The number of carbonyl (C=O) groups is 2. The fourth-order valence-corrected chi connectivity index (χ4v) is 2.95. The number of likely N-dealkylation sites (tertiary alicyclic amines) is 1. The van der Waals surface area contributed by atoms with Crippen molar-refractivity contribution in [3.8, 4) is 5.75 Å². The second-order valence-corrected chi connectivity index (χ2v) is 6.43. The Morgan fingerprint density at radius 1 is 1.36 bits per heavy atom. The molecule has 0 atom stereocenters. The van der Waals surface area contributed by atoms with Crippen molar-refractivity contribution in [2.45, 2.75) is 26.2 Å². The van der Waals surface area contributed by atoms with Gasteiger partial charge in [-0.2, -0.15) is 0 Å². The van der Waals surface area contributed by atoms with E-state index in [2.05, 4.69) is 21.2 Å². The van der Waals surface area contributed by atoms with Crippen LogP contribution in [0.4, 0.5) is 0 Å². The number of halogens is 1. The Labute approximate surface area is 138 Å². The molecule has 1 aliphatic heterocycles. The first-order valence-electron chi connectivity index (χ1n) is 7.58. The molecule has 1 aromatic carbocycles. The summed E-state index contributed by atoms with van der Waals surface area (Å²) in [6, 6.07) is 4.82. The van der Waals surface area contributed by atoms with Crippen molar-refractivity contribution < 1.29 is 14.7 Å². The Balaban J connectivity index is 1.95. The molecule has 5 nitrogen and oxygen atoms in total. The van der Waals surface area contributed by atoms with Gasteiger partial charge in [-0.25, -0.2) is 0 Å². The lowest BCUT2D eigenvalue weighted by molar-refractivity contribution is -0.126. The van der Waals surface area contributed by atoms with Gasteiger partial charge in [-0.15, -0.1) is 0 Å². The van der Waals surface area contributed by atoms with Crippen LogP contribution < -0.4 is 5.32 Å². The number of phenols is 1. The SMILES string of the molecule is CCCNC(=O)C1CCN(C(=O)c2cc(Br)ccc2O)CC1. The Bertz CT molecular complexity index is 554. The van der Waals surface area contributed by atoms with E-state index >= 15 is 0 Å². The quantitative estimate of drug-likeness (QED) is 0.857. The minimum atomic E-state index is -0.189. The number of rotatable bonds is 4. The summed E-state index contributed by atoms with van der Waals surface area (Å²) in [5.41, 5.74) is 0.295. The third kappa shape index (κ3) is 4.00. The van der Waals surface area contributed by atoms with E-state index < -0.39 is 0 Å². The third-order valence-corrected chi connectivity index (χ3v) is 4.38. The summed E-state index contributed by atoms with van der Waals surface area (Å²) in [5.74, 6) is -0.145. The highest BCUT2D eigenvalue weighted by molar-refractivity contribution is 9.10. The van der Waals surface area contributed by atoms with E-state index in [9.17, 15) is 14.7 Å². The second-order valence-electron chi connectivity index (χ2n) is 5.52. The van der Waals surface area contributed by atoms with Crippen molar-refractivity contribution in [1.82, 2.24) is 10.2 Å². The van der Waals surface area contributed by atoms with Gasteiger partial charge in [0.1, 0.15) is 5.75 Å². The van der Waals surface area contributed by atoms with Crippen molar-refractivity contribution in [3.63, 3.8) is 0 Å². The number of carbonyl (C=O) groups excluding carboxylic acids is 2. The zero-order chi connectivity index (χ0) is 16.1. The van der Waals surface area contributed by atoms with E-state index in [1.807, 2.05) is 6.92 Å². The Morgan fingerprint density at radius 3 is 2.68 bits per heavy atom. The van der Waals surface area contributed by atoms with Crippen LogP contribution in [0.2, 0.25) is 0 Å². The summed E-state index contributed by atoms with van der Waals surface area (Å²) >= 11 is 3.31. The van der Waals surface area contributed by atoms with E-state index in [0.29, 0.717) is 38.0 Å². The molecule has 0 unspecified atom stereocenters. The summed E-state index contributed by atoms with van der Waals surface area (Å²) < 4.78 is 0.752. The van der Waals surface area contributed by atoms with E-state index in [4.69, 9.17) is 0 Å². The predicted molar refractivity (Wildman–Crippen MR) is 87.7 cm³/mol. The maximum atomic E-state index is 12.5. The molecule has 1 aliphatic rings. The van der Waals surface area contributed by atoms with Gasteiger partial charge < -0.3 is 15.3 Å². The number of benzene rings is 1. The molecule has 2 amide bonds. The molecule has 0 aliphatic carbocycles. The highest BCUT2D eigenvalue weighted by Gasteiger charge is 2.28. The normalized spacial score (nSPS) is 15.6.